The van der Waals surface area contributed by atoms with Gasteiger partial charge in [-0.2, -0.15) is 10.1 Å². The highest BCUT2D eigenvalue weighted by atomic mass is 15.3. The molecule has 7 heteroatoms. The first-order valence-electron chi connectivity index (χ1n) is 6.61. The van der Waals surface area contributed by atoms with Crippen LogP contribution in [-0.4, -0.2) is 28.3 Å². The van der Waals surface area contributed by atoms with E-state index in [4.69, 9.17) is 5.73 Å². The molecule has 0 radical (unpaired) electrons. The average molecular weight is 281 g/mol. The smallest absolute Gasteiger partial charge is 0.264 e. The lowest BCUT2D eigenvalue weighted by Crippen LogP contribution is -2.13. The molecule has 0 unspecified atom stereocenters. The Morgan fingerprint density at radius 2 is 1.95 bits per heavy atom. The Morgan fingerprint density at radius 3 is 2.71 bits per heavy atom. The number of hydrogen-bond donors (Lipinski definition) is 3. The Morgan fingerprint density at radius 1 is 1.10 bits per heavy atom. The summed E-state index contributed by atoms with van der Waals surface area (Å²) in [5, 5.41) is 20.1. The van der Waals surface area contributed by atoms with Gasteiger partial charge in [0.2, 0.25) is 0 Å². The zero-order valence-electron chi connectivity index (χ0n) is 11.3. The normalized spacial score (nSPS) is 11.3. The molecule has 1 aromatic heterocycles. The first-order chi connectivity index (χ1) is 10.4. The van der Waals surface area contributed by atoms with Crippen LogP contribution in [0.5, 0.6) is 0 Å². The third-order valence-corrected chi connectivity index (χ3v) is 3.02. The summed E-state index contributed by atoms with van der Waals surface area (Å²) < 4.78 is 0. The van der Waals surface area contributed by atoms with E-state index in [0.717, 1.165) is 28.7 Å². The zero-order valence-corrected chi connectivity index (χ0v) is 11.3. The third kappa shape index (κ3) is 2.87. The fourth-order valence-corrected chi connectivity index (χ4v) is 2.08. The first kappa shape index (κ1) is 13.2. The van der Waals surface area contributed by atoms with Crippen LogP contribution in [0.4, 0.5) is 17.3 Å². The minimum atomic E-state index is 0.379. The highest BCUT2D eigenvalue weighted by molar-refractivity contribution is 6.00. The van der Waals surface area contributed by atoms with Gasteiger partial charge in [0.1, 0.15) is 6.33 Å². The van der Waals surface area contributed by atoms with Crippen molar-refractivity contribution in [3.05, 3.63) is 42.7 Å². The molecule has 2 aromatic carbocycles. The number of aromatic nitrogens is 3. The summed E-state index contributed by atoms with van der Waals surface area (Å²) >= 11 is 0. The van der Waals surface area contributed by atoms with Gasteiger partial charge < -0.3 is 11.1 Å². The number of rotatable bonds is 5. The highest BCUT2D eigenvalue weighted by Crippen LogP contribution is 2.32. The van der Waals surface area contributed by atoms with E-state index in [2.05, 4.69) is 30.7 Å². The van der Waals surface area contributed by atoms with Gasteiger partial charge in [-0.15, -0.1) is 10.2 Å². The molecule has 0 fully saturated rings. The number of azo groups is 1. The molecule has 0 aliphatic rings. The number of nitrogens with one attached hydrogen (secondary N) is 2. The number of anilines is 1. The number of nitrogens with zero attached hydrogens (tertiary/aromatic N) is 4. The average Bonchev–Trinajstić information content (AvgIpc) is 3.04. The molecule has 4 N–H and O–H groups in total. The van der Waals surface area contributed by atoms with Crippen LogP contribution in [0, 0.1) is 0 Å². The van der Waals surface area contributed by atoms with Crippen LogP contribution in [0.25, 0.3) is 10.8 Å². The molecule has 0 saturated heterocycles. The molecule has 0 aliphatic carbocycles. The van der Waals surface area contributed by atoms with Crippen molar-refractivity contribution < 1.29 is 0 Å². The zero-order chi connectivity index (χ0) is 14.5. The third-order valence-electron chi connectivity index (χ3n) is 3.02. The predicted molar refractivity (Wildman–Crippen MR) is 82.1 cm³/mol. The second kappa shape index (κ2) is 6.10. The topological polar surface area (TPSA) is 104 Å². The number of fused-ring (bicyclic) bond motifs is 1. The summed E-state index contributed by atoms with van der Waals surface area (Å²) in [5.41, 5.74) is 7.35. The number of benzene rings is 2. The fraction of sp³-hybridized carbons (Fsp3) is 0.143. The van der Waals surface area contributed by atoms with Gasteiger partial charge in [-0.05, 0) is 12.1 Å². The Balaban J connectivity index is 2.00. The van der Waals surface area contributed by atoms with Crippen molar-refractivity contribution in [3.63, 3.8) is 0 Å². The summed E-state index contributed by atoms with van der Waals surface area (Å²) in [5.74, 6) is 0.379. The highest BCUT2D eigenvalue weighted by Gasteiger charge is 2.05. The van der Waals surface area contributed by atoms with Gasteiger partial charge in [0, 0.05) is 29.5 Å². The van der Waals surface area contributed by atoms with Gasteiger partial charge in [-0.3, -0.25) is 0 Å². The number of aromatic amines is 1. The standard InChI is InChI=1S/C14H15N7/c15-7-8-16-12-5-6-13(11-4-2-1-3-10(11)12)19-21-14-17-9-18-20-14/h1-6,9,16H,7-8,15H2,(H,17,18,20). The summed E-state index contributed by atoms with van der Waals surface area (Å²) in [7, 11) is 0. The van der Waals surface area contributed by atoms with Crippen LogP contribution in [-0.2, 0) is 0 Å². The Kier molecular flexibility index (Phi) is 3.83. The summed E-state index contributed by atoms with van der Waals surface area (Å²) in [6, 6.07) is 11.9. The van der Waals surface area contributed by atoms with Gasteiger partial charge in [-0.1, -0.05) is 24.3 Å². The van der Waals surface area contributed by atoms with Crippen molar-refractivity contribution in [2.45, 2.75) is 0 Å². The molecule has 0 atom stereocenters. The number of H-pyrrole nitrogens is 1. The lowest BCUT2D eigenvalue weighted by atomic mass is 10.1. The van der Waals surface area contributed by atoms with E-state index in [1.54, 1.807) is 0 Å². The quantitative estimate of drug-likeness (QED) is 0.625. The van der Waals surface area contributed by atoms with E-state index in [0.29, 0.717) is 12.5 Å². The molecule has 21 heavy (non-hydrogen) atoms. The van der Waals surface area contributed by atoms with Crippen molar-refractivity contribution in [3.8, 4) is 0 Å². The van der Waals surface area contributed by atoms with E-state index in [1.807, 2.05) is 36.4 Å². The molecule has 0 saturated carbocycles. The maximum atomic E-state index is 5.54. The first-order valence-corrected chi connectivity index (χ1v) is 6.61. The van der Waals surface area contributed by atoms with Crippen LogP contribution in [0.2, 0.25) is 0 Å². The number of nitrogens with two attached hydrogens (primary N) is 1. The maximum Gasteiger partial charge on any atom is 0.264 e. The van der Waals surface area contributed by atoms with Crippen molar-refractivity contribution in [1.29, 1.82) is 0 Å². The Labute approximate surface area is 121 Å². The van der Waals surface area contributed by atoms with Gasteiger partial charge in [0.15, 0.2) is 0 Å². The van der Waals surface area contributed by atoms with E-state index in [1.165, 1.54) is 6.33 Å². The molecule has 3 aromatic rings. The van der Waals surface area contributed by atoms with E-state index in [9.17, 15) is 0 Å². The molecule has 1 heterocycles. The maximum absolute atomic E-state index is 5.54. The molecular weight excluding hydrogens is 266 g/mol. The van der Waals surface area contributed by atoms with Gasteiger partial charge >= 0.3 is 0 Å². The molecule has 0 spiro atoms. The molecule has 0 aliphatic heterocycles. The molecule has 0 bridgehead atoms. The molecule has 7 nitrogen and oxygen atoms in total. The van der Waals surface area contributed by atoms with Crippen LogP contribution < -0.4 is 11.1 Å². The Bertz CT molecular complexity index is 749. The van der Waals surface area contributed by atoms with Crippen LogP contribution >= 0.6 is 0 Å². The van der Waals surface area contributed by atoms with Crippen LogP contribution in [0.15, 0.2) is 53.0 Å². The second-order valence-corrected chi connectivity index (χ2v) is 4.40. The predicted octanol–water partition coefficient (Wildman–Crippen LogP) is 2.74. The van der Waals surface area contributed by atoms with Crippen molar-refractivity contribution in [2.24, 2.45) is 16.0 Å². The van der Waals surface area contributed by atoms with Gasteiger partial charge in [0.05, 0.1) is 5.69 Å². The van der Waals surface area contributed by atoms with Crippen LogP contribution in [0.1, 0.15) is 0 Å². The summed E-state index contributed by atoms with van der Waals surface area (Å²) in [4.78, 5) is 3.92. The van der Waals surface area contributed by atoms with Crippen molar-refractivity contribution in [2.75, 3.05) is 18.4 Å². The SMILES string of the molecule is NCCNc1ccc(N=Nc2ncn[nH]2)c2ccccc12. The largest absolute Gasteiger partial charge is 0.383 e. The number of hydrogen-bond acceptors (Lipinski definition) is 6. The fourth-order valence-electron chi connectivity index (χ4n) is 2.08. The lowest BCUT2D eigenvalue weighted by Gasteiger charge is -2.10. The second-order valence-electron chi connectivity index (χ2n) is 4.40. The minimum Gasteiger partial charge on any atom is -0.383 e. The lowest BCUT2D eigenvalue weighted by molar-refractivity contribution is 1.03. The van der Waals surface area contributed by atoms with Crippen molar-refractivity contribution in [1.82, 2.24) is 15.2 Å². The Hall–Kier alpha value is -2.80. The van der Waals surface area contributed by atoms with Gasteiger partial charge in [-0.25, -0.2) is 5.10 Å². The minimum absolute atomic E-state index is 0.379. The van der Waals surface area contributed by atoms with E-state index < -0.39 is 0 Å². The van der Waals surface area contributed by atoms with Gasteiger partial charge in [0.25, 0.3) is 5.95 Å². The van der Waals surface area contributed by atoms with Crippen LogP contribution in [0.3, 0.4) is 0 Å². The molecule has 0 amide bonds. The van der Waals surface area contributed by atoms with E-state index in [-0.39, 0.29) is 0 Å². The van der Waals surface area contributed by atoms with E-state index >= 15 is 0 Å². The molecular formula is C14H15N7. The summed E-state index contributed by atoms with van der Waals surface area (Å²) in [6.07, 6.45) is 1.40. The monoisotopic (exact) mass is 281 g/mol. The van der Waals surface area contributed by atoms with Crippen molar-refractivity contribution >= 4 is 28.1 Å². The summed E-state index contributed by atoms with van der Waals surface area (Å²) in [6.45, 7) is 1.31. The molecule has 3 rings (SSSR count). The molecule has 106 valence electrons.